The standard InChI is InChI=1S/C18H17N3O3/c1-12-10-16(21-24-12)20-18(22)15-8-9-17(19-11-15)23-13(2)14-6-4-3-5-7-14/h3-11,13H,1-2H3,(H,20,21,22). The number of hydrogen-bond donors (Lipinski definition) is 1. The molecule has 1 unspecified atom stereocenters. The molecule has 0 radical (unpaired) electrons. The first kappa shape index (κ1) is 15.7. The van der Waals surface area contributed by atoms with Gasteiger partial charge < -0.3 is 14.6 Å². The number of ether oxygens (including phenoxy) is 1. The van der Waals surface area contributed by atoms with Gasteiger partial charge in [0.1, 0.15) is 11.9 Å². The third kappa shape index (κ3) is 3.78. The molecular formula is C18H17N3O3. The highest BCUT2D eigenvalue weighted by Gasteiger charge is 2.11. The lowest BCUT2D eigenvalue weighted by atomic mass is 10.1. The number of carbonyl (C=O) groups is 1. The molecule has 6 heteroatoms. The monoisotopic (exact) mass is 323 g/mol. The summed E-state index contributed by atoms with van der Waals surface area (Å²) in [5.74, 6) is 1.15. The summed E-state index contributed by atoms with van der Waals surface area (Å²) in [6.45, 7) is 3.70. The quantitative estimate of drug-likeness (QED) is 0.773. The van der Waals surface area contributed by atoms with Crippen LogP contribution in [-0.2, 0) is 0 Å². The average molecular weight is 323 g/mol. The van der Waals surface area contributed by atoms with Gasteiger partial charge in [0.15, 0.2) is 5.82 Å². The maximum atomic E-state index is 12.1. The number of nitrogens with zero attached hydrogens (tertiary/aromatic N) is 2. The van der Waals surface area contributed by atoms with Gasteiger partial charge >= 0.3 is 0 Å². The lowest BCUT2D eigenvalue weighted by Crippen LogP contribution is -2.12. The van der Waals surface area contributed by atoms with Crippen LogP contribution >= 0.6 is 0 Å². The van der Waals surface area contributed by atoms with Crippen molar-refractivity contribution in [2.24, 2.45) is 0 Å². The number of anilines is 1. The van der Waals surface area contributed by atoms with E-state index in [2.05, 4.69) is 15.5 Å². The molecule has 0 aliphatic heterocycles. The average Bonchev–Trinajstić information content (AvgIpc) is 3.01. The van der Waals surface area contributed by atoms with Gasteiger partial charge in [0.25, 0.3) is 5.91 Å². The molecule has 0 saturated carbocycles. The zero-order chi connectivity index (χ0) is 16.9. The lowest BCUT2D eigenvalue weighted by molar-refractivity contribution is 0.102. The van der Waals surface area contributed by atoms with Crippen molar-refractivity contribution in [3.05, 3.63) is 71.6 Å². The van der Waals surface area contributed by atoms with Crippen LogP contribution in [0.5, 0.6) is 5.88 Å². The van der Waals surface area contributed by atoms with Crippen LogP contribution in [0.15, 0.2) is 59.3 Å². The summed E-state index contributed by atoms with van der Waals surface area (Å²) >= 11 is 0. The number of pyridine rings is 1. The molecule has 0 fully saturated rings. The maximum absolute atomic E-state index is 12.1. The molecule has 0 aliphatic rings. The van der Waals surface area contributed by atoms with E-state index in [1.807, 2.05) is 37.3 Å². The van der Waals surface area contributed by atoms with Crippen molar-refractivity contribution in [1.82, 2.24) is 10.1 Å². The minimum Gasteiger partial charge on any atom is -0.470 e. The van der Waals surface area contributed by atoms with E-state index in [9.17, 15) is 4.79 Å². The molecular weight excluding hydrogens is 306 g/mol. The van der Waals surface area contributed by atoms with E-state index >= 15 is 0 Å². The lowest BCUT2D eigenvalue weighted by Gasteiger charge is -2.14. The molecule has 1 atom stereocenters. The number of hydrogen-bond acceptors (Lipinski definition) is 5. The predicted octanol–water partition coefficient (Wildman–Crippen LogP) is 3.77. The second-order valence-electron chi connectivity index (χ2n) is 5.33. The van der Waals surface area contributed by atoms with E-state index in [1.165, 1.54) is 6.20 Å². The third-order valence-electron chi connectivity index (χ3n) is 3.43. The van der Waals surface area contributed by atoms with E-state index in [1.54, 1.807) is 25.1 Å². The van der Waals surface area contributed by atoms with Gasteiger partial charge in [-0.3, -0.25) is 4.79 Å². The Morgan fingerprint density at radius 1 is 1.21 bits per heavy atom. The minimum absolute atomic E-state index is 0.128. The summed E-state index contributed by atoms with van der Waals surface area (Å²) in [7, 11) is 0. The Balaban J connectivity index is 1.63. The fourth-order valence-electron chi connectivity index (χ4n) is 2.17. The molecule has 122 valence electrons. The molecule has 6 nitrogen and oxygen atoms in total. The number of aromatic nitrogens is 2. The van der Waals surface area contributed by atoms with Crippen LogP contribution < -0.4 is 10.1 Å². The number of carbonyl (C=O) groups excluding carboxylic acids is 1. The number of nitrogens with one attached hydrogen (secondary N) is 1. The van der Waals surface area contributed by atoms with Gasteiger partial charge in [0.2, 0.25) is 5.88 Å². The van der Waals surface area contributed by atoms with Crippen molar-refractivity contribution in [2.45, 2.75) is 20.0 Å². The largest absolute Gasteiger partial charge is 0.470 e. The van der Waals surface area contributed by atoms with Gasteiger partial charge in [-0.1, -0.05) is 35.5 Å². The van der Waals surface area contributed by atoms with Crippen molar-refractivity contribution in [3.8, 4) is 5.88 Å². The van der Waals surface area contributed by atoms with Gasteiger partial charge in [-0.25, -0.2) is 4.98 Å². The smallest absolute Gasteiger partial charge is 0.258 e. The highest BCUT2D eigenvalue weighted by Crippen LogP contribution is 2.20. The third-order valence-corrected chi connectivity index (χ3v) is 3.43. The van der Waals surface area contributed by atoms with Crippen molar-refractivity contribution in [2.75, 3.05) is 5.32 Å². The fraction of sp³-hybridized carbons (Fsp3) is 0.167. The molecule has 0 spiro atoms. The van der Waals surface area contributed by atoms with Crippen molar-refractivity contribution in [1.29, 1.82) is 0 Å². The Bertz CT molecular complexity index is 813. The van der Waals surface area contributed by atoms with E-state index in [0.717, 1.165) is 5.56 Å². The molecule has 2 aromatic heterocycles. The Hall–Kier alpha value is -3.15. The molecule has 1 N–H and O–H groups in total. The van der Waals surface area contributed by atoms with Gasteiger partial charge in [0, 0.05) is 18.3 Å². The second kappa shape index (κ2) is 6.95. The second-order valence-corrected chi connectivity index (χ2v) is 5.33. The SMILES string of the molecule is Cc1cc(NC(=O)c2ccc(OC(C)c3ccccc3)nc2)no1. The summed E-state index contributed by atoms with van der Waals surface area (Å²) in [6, 6.07) is 14.8. The highest BCUT2D eigenvalue weighted by molar-refractivity contribution is 6.03. The van der Waals surface area contributed by atoms with Gasteiger partial charge in [0.05, 0.1) is 5.56 Å². The number of amides is 1. The maximum Gasteiger partial charge on any atom is 0.258 e. The van der Waals surface area contributed by atoms with E-state index in [4.69, 9.17) is 9.26 Å². The fourth-order valence-corrected chi connectivity index (χ4v) is 2.17. The van der Waals surface area contributed by atoms with Crippen molar-refractivity contribution < 1.29 is 14.1 Å². The van der Waals surface area contributed by atoms with Gasteiger partial charge in [-0.05, 0) is 25.5 Å². The Kier molecular flexibility index (Phi) is 4.56. The number of rotatable bonds is 5. The predicted molar refractivity (Wildman–Crippen MR) is 88.9 cm³/mol. The number of aryl methyl sites for hydroxylation is 1. The molecule has 0 bridgehead atoms. The zero-order valence-corrected chi connectivity index (χ0v) is 13.4. The van der Waals surface area contributed by atoms with Crippen LogP contribution in [0.4, 0.5) is 5.82 Å². The Labute approximate surface area is 139 Å². The number of benzene rings is 1. The molecule has 0 aliphatic carbocycles. The van der Waals surface area contributed by atoms with Crippen molar-refractivity contribution in [3.63, 3.8) is 0 Å². The summed E-state index contributed by atoms with van der Waals surface area (Å²) in [6.07, 6.45) is 1.34. The summed E-state index contributed by atoms with van der Waals surface area (Å²) in [5.41, 5.74) is 1.47. The molecule has 3 rings (SSSR count). The normalized spacial score (nSPS) is 11.8. The summed E-state index contributed by atoms with van der Waals surface area (Å²) in [5, 5.41) is 6.36. The van der Waals surface area contributed by atoms with Crippen LogP contribution in [0.1, 0.15) is 34.7 Å². The summed E-state index contributed by atoms with van der Waals surface area (Å²) in [4.78, 5) is 16.3. The summed E-state index contributed by atoms with van der Waals surface area (Å²) < 4.78 is 10.7. The minimum atomic E-state index is -0.307. The van der Waals surface area contributed by atoms with Crippen LogP contribution in [0, 0.1) is 6.92 Å². The van der Waals surface area contributed by atoms with Crippen LogP contribution in [0.2, 0.25) is 0 Å². The topological polar surface area (TPSA) is 77.2 Å². The molecule has 3 aromatic rings. The molecule has 1 amide bonds. The van der Waals surface area contributed by atoms with E-state index < -0.39 is 0 Å². The Morgan fingerprint density at radius 2 is 2.00 bits per heavy atom. The molecule has 24 heavy (non-hydrogen) atoms. The molecule has 2 heterocycles. The molecule has 0 saturated heterocycles. The first-order chi connectivity index (χ1) is 11.6. The highest BCUT2D eigenvalue weighted by atomic mass is 16.5. The molecule has 1 aromatic carbocycles. The van der Waals surface area contributed by atoms with Gasteiger partial charge in [-0.15, -0.1) is 0 Å². The van der Waals surface area contributed by atoms with Gasteiger partial charge in [-0.2, -0.15) is 0 Å². The zero-order valence-electron chi connectivity index (χ0n) is 13.4. The van der Waals surface area contributed by atoms with E-state index in [-0.39, 0.29) is 12.0 Å². The first-order valence-electron chi connectivity index (χ1n) is 7.54. The van der Waals surface area contributed by atoms with Crippen LogP contribution in [0.3, 0.4) is 0 Å². The van der Waals surface area contributed by atoms with E-state index in [0.29, 0.717) is 23.0 Å². The van der Waals surface area contributed by atoms with Crippen LogP contribution in [0.25, 0.3) is 0 Å². The Morgan fingerprint density at radius 3 is 2.62 bits per heavy atom. The van der Waals surface area contributed by atoms with Crippen molar-refractivity contribution >= 4 is 11.7 Å². The first-order valence-corrected chi connectivity index (χ1v) is 7.54. The van der Waals surface area contributed by atoms with Crippen LogP contribution in [-0.4, -0.2) is 16.0 Å².